The van der Waals surface area contributed by atoms with Crippen molar-refractivity contribution in [2.45, 2.75) is 6.04 Å². The van der Waals surface area contributed by atoms with Crippen molar-refractivity contribution in [3.05, 3.63) is 40.5 Å². The fourth-order valence-corrected chi connectivity index (χ4v) is 1.77. The van der Waals surface area contributed by atoms with E-state index in [-0.39, 0.29) is 6.04 Å². The Bertz CT molecular complexity index is 435. The van der Waals surface area contributed by atoms with E-state index < -0.39 is 0 Å². The Kier molecular flexibility index (Phi) is 2.43. The van der Waals surface area contributed by atoms with Crippen molar-refractivity contribution in [3.8, 4) is 0 Å². The molecule has 0 aliphatic rings. The molecule has 2 heterocycles. The standard InChI is InChI=1S/C9H10BrN3O/c1-13-4-2-7(12-13)8(11)6-3-5-14-9(6)10/h2-5,8H,11H2,1H3. The molecule has 2 aromatic heterocycles. The van der Waals surface area contributed by atoms with Gasteiger partial charge in [-0.1, -0.05) is 0 Å². The summed E-state index contributed by atoms with van der Waals surface area (Å²) in [7, 11) is 1.86. The molecule has 0 amide bonds. The van der Waals surface area contributed by atoms with Crippen molar-refractivity contribution in [1.29, 1.82) is 0 Å². The third-order valence-electron chi connectivity index (χ3n) is 2.03. The van der Waals surface area contributed by atoms with Crippen LogP contribution in [0.4, 0.5) is 0 Å². The molecule has 2 N–H and O–H groups in total. The van der Waals surface area contributed by atoms with Crippen LogP contribution in [0.25, 0.3) is 0 Å². The molecule has 2 aromatic rings. The number of furan rings is 1. The predicted molar refractivity (Wildman–Crippen MR) is 55.6 cm³/mol. The van der Waals surface area contributed by atoms with Crippen LogP contribution < -0.4 is 5.73 Å². The third-order valence-corrected chi connectivity index (χ3v) is 2.68. The SMILES string of the molecule is Cn1ccc(C(N)c2ccoc2Br)n1. The van der Waals surface area contributed by atoms with Gasteiger partial charge in [0, 0.05) is 18.8 Å². The van der Waals surface area contributed by atoms with E-state index in [4.69, 9.17) is 10.2 Å². The van der Waals surface area contributed by atoms with Crippen LogP contribution in [0.1, 0.15) is 17.3 Å². The molecule has 2 rings (SSSR count). The molecule has 1 unspecified atom stereocenters. The van der Waals surface area contributed by atoms with Gasteiger partial charge >= 0.3 is 0 Å². The Balaban J connectivity index is 2.33. The summed E-state index contributed by atoms with van der Waals surface area (Å²) in [5.41, 5.74) is 7.74. The maximum absolute atomic E-state index is 6.01. The minimum Gasteiger partial charge on any atom is -0.457 e. The Labute approximate surface area is 89.8 Å². The van der Waals surface area contributed by atoms with E-state index in [9.17, 15) is 0 Å². The topological polar surface area (TPSA) is 57.0 Å². The first kappa shape index (κ1) is 9.48. The summed E-state index contributed by atoms with van der Waals surface area (Å²) in [6, 6.07) is 3.48. The highest BCUT2D eigenvalue weighted by atomic mass is 79.9. The van der Waals surface area contributed by atoms with Gasteiger partial charge < -0.3 is 10.2 Å². The van der Waals surface area contributed by atoms with Crippen molar-refractivity contribution in [2.75, 3.05) is 0 Å². The van der Waals surface area contributed by atoms with Gasteiger partial charge in [-0.3, -0.25) is 4.68 Å². The summed E-state index contributed by atoms with van der Waals surface area (Å²) in [6.07, 6.45) is 3.46. The van der Waals surface area contributed by atoms with Crippen LogP contribution in [0, 0.1) is 0 Å². The molecule has 0 bridgehead atoms. The molecule has 14 heavy (non-hydrogen) atoms. The summed E-state index contributed by atoms with van der Waals surface area (Å²) in [6.45, 7) is 0. The third kappa shape index (κ3) is 1.60. The molecule has 0 saturated carbocycles. The first-order valence-electron chi connectivity index (χ1n) is 4.16. The summed E-state index contributed by atoms with van der Waals surface area (Å²) in [5.74, 6) is 0. The van der Waals surface area contributed by atoms with Crippen molar-refractivity contribution in [2.24, 2.45) is 12.8 Å². The highest BCUT2D eigenvalue weighted by Crippen LogP contribution is 2.26. The minimum atomic E-state index is -0.246. The Morgan fingerprint density at radius 1 is 1.57 bits per heavy atom. The number of nitrogens with two attached hydrogens (primary N) is 1. The van der Waals surface area contributed by atoms with E-state index in [0.717, 1.165) is 11.3 Å². The number of rotatable bonds is 2. The van der Waals surface area contributed by atoms with Gasteiger partial charge in [0.2, 0.25) is 0 Å². The molecule has 0 aliphatic heterocycles. The van der Waals surface area contributed by atoms with E-state index in [0.29, 0.717) is 4.67 Å². The van der Waals surface area contributed by atoms with E-state index in [1.165, 1.54) is 0 Å². The molecule has 0 saturated heterocycles. The van der Waals surface area contributed by atoms with Crippen molar-refractivity contribution < 1.29 is 4.42 Å². The van der Waals surface area contributed by atoms with E-state index in [1.807, 2.05) is 25.4 Å². The van der Waals surface area contributed by atoms with Gasteiger partial charge in [0.1, 0.15) is 0 Å². The van der Waals surface area contributed by atoms with Gasteiger partial charge in [-0.05, 0) is 28.1 Å². The van der Waals surface area contributed by atoms with Crippen LogP contribution in [0.3, 0.4) is 0 Å². The van der Waals surface area contributed by atoms with Gasteiger partial charge in [0.15, 0.2) is 4.67 Å². The number of aromatic nitrogens is 2. The molecule has 0 spiro atoms. The molecule has 0 radical (unpaired) electrons. The normalized spacial score (nSPS) is 13.1. The highest BCUT2D eigenvalue weighted by molar-refractivity contribution is 9.10. The molecule has 74 valence electrons. The first-order chi connectivity index (χ1) is 6.68. The monoisotopic (exact) mass is 255 g/mol. The Morgan fingerprint density at radius 3 is 2.86 bits per heavy atom. The van der Waals surface area contributed by atoms with Gasteiger partial charge in [0.25, 0.3) is 0 Å². The van der Waals surface area contributed by atoms with Crippen LogP contribution in [-0.4, -0.2) is 9.78 Å². The Morgan fingerprint density at radius 2 is 2.36 bits per heavy atom. The smallest absolute Gasteiger partial charge is 0.174 e. The van der Waals surface area contributed by atoms with E-state index in [2.05, 4.69) is 21.0 Å². The maximum atomic E-state index is 6.01. The first-order valence-corrected chi connectivity index (χ1v) is 4.96. The van der Waals surface area contributed by atoms with Crippen molar-refractivity contribution >= 4 is 15.9 Å². The number of hydrogen-bond acceptors (Lipinski definition) is 3. The average molecular weight is 256 g/mol. The largest absolute Gasteiger partial charge is 0.457 e. The molecule has 0 fully saturated rings. The molecular formula is C9H10BrN3O. The lowest BCUT2D eigenvalue weighted by Gasteiger charge is -2.05. The van der Waals surface area contributed by atoms with Crippen molar-refractivity contribution in [3.63, 3.8) is 0 Å². The second-order valence-electron chi connectivity index (χ2n) is 3.04. The lowest BCUT2D eigenvalue weighted by Crippen LogP contribution is -2.12. The molecule has 4 nitrogen and oxygen atoms in total. The zero-order valence-corrected chi connectivity index (χ0v) is 9.23. The molecule has 1 atom stereocenters. The molecule has 0 aliphatic carbocycles. The minimum absolute atomic E-state index is 0.246. The summed E-state index contributed by atoms with van der Waals surface area (Å²) >= 11 is 3.29. The van der Waals surface area contributed by atoms with E-state index >= 15 is 0 Å². The van der Waals surface area contributed by atoms with Crippen LogP contribution >= 0.6 is 15.9 Å². The zero-order valence-electron chi connectivity index (χ0n) is 7.64. The summed E-state index contributed by atoms with van der Waals surface area (Å²) in [5, 5.41) is 4.24. The highest BCUT2D eigenvalue weighted by Gasteiger charge is 2.16. The van der Waals surface area contributed by atoms with Crippen LogP contribution in [0.5, 0.6) is 0 Å². The van der Waals surface area contributed by atoms with Gasteiger partial charge in [-0.15, -0.1) is 0 Å². The molecular weight excluding hydrogens is 246 g/mol. The number of aryl methyl sites for hydroxylation is 1. The second kappa shape index (κ2) is 3.59. The predicted octanol–water partition coefficient (Wildman–Crippen LogP) is 1.82. The number of hydrogen-bond donors (Lipinski definition) is 1. The quantitative estimate of drug-likeness (QED) is 0.891. The molecule has 0 aromatic carbocycles. The van der Waals surface area contributed by atoms with Crippen LogP contribution in [0.2, 0.25) is 0 Å². The fourth-order valence-electron chi connectivity index (χ4n) is 1.28. The lowest BCUT2D eigenvalue weighted by atomic mass is 10.1. The average Bonchev–Trinajstić information content (AvgIpc) is 2.73. The number of halogens is 1. The maximum Gasteiger partial charge on any atom is 0.174 e. The number of nitrogens with zero attached hydrogens (tertiary/aromatic N) is 2. The van der Waals surface area contributed by atoms with Crippen molar-refractivity contribution in [1.82, 2.24) is 9.78 Å². The summed E-state index contributed by atoms with van der Waals surface area (Å²) in [4.78, 5) is 0. The molecule has 5 heteroatoms. The fraction of sp³-hybridized carbons (Fsp3) is 0.222. The second-order valence-corrected chi connectivity index (χ2v) is 3.76. The Hall–Kier alpha value is -1.07. The van der Waals surface area contributed by atoms with Gasteiger partial charge in [-0.25, -0.2) is 0 Å². The van der Waals surface area contributed by atoms with Crippen LogP contribution in [-0.2, 0) is 7.05 Å². The zero-order chi connectivity index (χ0) is 10.1. The lowest BCUT2D eigenvalue weighted by molar-refractivity contribution is 0.534. The van der Waals surface area contributed by atoms with E-state index in [1.54, 1.807) is 10.9 Å². The van der Waals surface area contributed by atoms with Gasteiger partial charge in [-0.2, -0.15) is 5.10 Å². The summed E-state index contributed by atoms with van der Waals surface area (Å²) < 4.78 is 7.50. The van der Waals surface area contributed by atoms with Crippen LogP contribution in [0.15, 0.2) is 33.7 Å². The van der Waals surface area contributed by atoms with Gasteiger partial charge in [0.05, 0.1) is 18.0 Å².